The summed E-state index contributed by atoms with van der Waals surface area (Å²) in [5.74, 6) is -0.630. The average molecular weight is 227 g/mol. The number of methoxy groups -OCH3 is 1. The van der Waals surface area contributed by atoms with Crippen molar-refractivity contribution in [3.05, 3.63) is 23.5 Å². The van der Waals surface area contributed by atoms with Crippen molar-refractivity contribution in [3.8, 4) is 5.75 Å². The molecular weight excluding hydrogens is 213 g/mol. The number of halogens is 1. The molecule has 1 unspecified atom stereocenters. The van der Waals surface area contributed by atoms with E-state index in [-0.39, 0.29) is 5.69 Å². The van der Waals surface area contributed by atoms with Crippen molar-refractivity contribution < 1.29 is 18.7 Å². The monoisotopic (exact) mass is 227 g/mol. The first-order chi connectivity index (χ1) is 7.45. The maximum Gasteiger partial charge on any atom is 0.346 e. The van der Waals surface area contributed by atoms with E-state index >= 15 is 0 Å². The minimum absolute atomic E-state index is 0.0161. The van der Waals surface area contributed by atoms with E-state index in [1.807, 2.05) is 0 Å². The van der Waals surface area contributed by atoms with Gasteiger partial charge >= 0.3 is 5.97 Å². The van der Waals surface area contributed by atoms with E-state index in [2.05, 4.69) is 4.74 Å². The number of esters is 1. The molecule has 0 saturated carbocycles. The third kappa shape index (κ3) is 2.62. The van der Waals surface area contributed by atoms with Gasteiger partial charge in [-0.25, -0.2) is 9.18 Å². The molecular formula is C11H14FNO3. The number of aryl methyl sites for hydroxylation is 1. The summed E-state index contributed by atoms with van der Waals surface area (Å²) in [6, 6.07) is 2.61. The maximum absolute atomic E-state index is 13.0. The van der Waals surface area contributed by atoms with Crippen molar-refractivity contribution in [1.82, 2.24) is 0 Å². The lowest BCUT2D eigenvalue weighted by molar-refractivity contribution is -0.147. The van der Waals surface area contributed by atoms with Crippen LogP contribution in [0.5, 0.6) is 5.75 Å². The minimum Gasteiger partial charge on any atom is -0.479 e. The first-order valence-corrected chi connectivity index (χ1v) is 4.75. The van der Waals surface area contributed by atoms with Gasteiger partial charge in [-0.2, -0.15) is 0 Å². The van der Waals surface area contributed by atoms with Crippen LogP contribution in [0.2, 0.25) is 0 Å². The number of hydrogen-bond donors (Lipinski definition) is 1. The Hall–Kier alpha value is -1.78. The number of ether oxygens (including phenoxy) is 2. The third-order valence-electron chi connectivity index (χ3n) is 2.13. The van der Waals surface area contributed by atoms with Gasteiger partial charge in [0.1, 0.15) is 11.6 Å². The highest BCUT2D eigenvalue weighted by Crippen LogP contribution is 2.24. The van der Waals surface area contributed by atoms with Gasteiger partial charge in [0.25, 0.3) is 0 Å². The van der Waals surface area contributed by atoms with Gasteiger partial charge in [-0.05, 0) is 25.5 Å². The molecule has 0 aliphatic heterocycles. The Balaban J connectivity index is 2.89. The minimum atomic E-state index is -0.756. The van der Waals surface area contributed by atoms with Crippen molar-refractivity contribution >= 4 is 11.7 Å². The standard InChI is InChI=1S/C11H14FNO3/c1-6-4-8(12)9(13)5-10(6)16-7(2)11(14)15-3/h4-5,7H,13H2,1-3H3. The molecule has 0 radical (unpaired) electrons. The highest BCUT2D eigenvalue weighted by molar-refractivity contribution is 5.74. The molecule has 0 spiro atoms. The van der Waals surface area contributed by atoms with Crippen LogP contribution in [0.4, 0.5) is 10.1 Å². The molecule has 4 nitrogen and oxygen atoms in total. The van der Waals surface area contributed by atoms with E-state index in [0.29, 0.717) is 11.3 Å². The second-order valence-corrected chi connectivity index (χ2v) is 3.42. The smallest absolute Gasteiger partial charge is 0.346 e. The second kappa shape index (κ2) is 4.83. The van der Waals surface area contributed by atoms with Gasteiger partial charge < -0.3 is 15.2 Å². The molecule has 1 aromatic carbocycles. The normalized spacial score (nSPS) is 12.0. The lowest BCUT2D eigenvalue weighted by Gasteiger charge is -2.15. The summed E-state index contributed by atoms with van der Waals surface area (Å²) < 4.78 is 22.9. The summed E-state index contributed by atoms with van der Waals surface area (Å²) in [6.45, 7) is 3.21. The SMILES string of the molecule is COC(=O)C(C)Oc1cc(N)c(F)cc1C. The summed E-state index contributed by atoms with van der Waals surface area (Å²) in [6.07, 6.45) is -0.756. The van der Waals surface area contributed by atoms with E-state index in [4.69, 9.17) is 10.5 Å². The summed E-state index contributed by atoms with van der Waals surface area (Å²) >= 11 is 0. The number of anilines is 1. The molecule has 1 aromatic rings. The van der Waals surface area contributed by atoms with Crippen LogP contribution in [0.1, 0.15) is 12.5 Å². The molecule has 0 amide bonds. The van der Waals surface area contributed by atoms with Crippen molar-refractivity contribution in [2.24, 2.45) is 0 Å². The van der Waals surface area contributed by atoms with Crippen LogP contribution in [-0.2, 0) is 9.53 Å². The fourth-order valence-electron chi connectivity index (χ4n) is 1.20. The van der Waals surface area contributed by atoms with Crippen molar-refractivity contribution in [3.63, 3.8) is 0 Å². The van der Waals surface area contributed by atoms with Crippen LogP contribution in [0.25, 0.3) is 0 Å². The number of hydrogen-bond acceptors (Lipinski definition) is 4. The van der Waals surface area contributed by atoms with Crippen LogP contribution in [0.15, 0.2) is 12.1 Å². The number of carbonyl (C=O) groups is 1. The summed E-state index contributed by atoms with van der Waals surface area (Å²) in [5.41, 5.74) is 5.96. The van der Waals surface area contributed by atoms with Crippen molar-refractivity contribution in [2.45, 2.75) is 20.0 Å². The van der Waals surface area contributed by atoms with Crippen LogP contribution in [0, 0.1) is 12.7 Å². The van der Waals surface area contributed by atoms with E-state index in [9.17, 15) is 9.18 Å². The van der Waals surface area contributed by atoms with E-state index in [0.717, 1.165) is 0 Å². The molecule has 2 N–H and O–H groups in total. The zero-order valence-electron chi connectivity index (χ0n) is 9.41. The van der Waals surface area contributed by atoms with Crippen LogP contribution >= 0.6 is 0 Å². The predicted molar refractivity (Wildman–Crippen MR) is 57.7 cm³/mol. The Bertz CT molecular complexity index is 406. The Morgan fingerprint density at radius 2 is 2.12 bits per heavy atom. The van der Waals surface area contributed by atoms with E-state index < -0.39 is 17.9 Å². The van der Waals surface area contributed by atoms with Gasteiger partial charge in [0.05, 0.1) is 12.8 Å². The topological polar surface area (TPSA) is 61.5 Å². The summed E-state index contributed by atoms with van der Waals surface area (Å²) in [7, 11) is 1.27. The van der Waals surface area contributed by atoms with Gasteiger partial charge in [0.15, 0.2) is 6.10 Å². The molecule has 88 valence electrons. The zero-order valence-corrected chi connectivity index (χ0v) is 9.41. The van der Waals surface area contributed by atoms with Crippen molar-refractivity contribution in [2.75, 3.05) is 12.8 Å². The Kier molecular flexibility index (Phi) is 3.71. The quantitative estimate of drug-likeness (QED) is 0.630. The maximum atomic E-state index is 13.0. The Labute approximate surface area is 93.2 Å². The first-order valence-electron chi connectivity index (χ1n) is 4.75. The summed E-state index contributed by atoms with van der Waals surface area (Å²) in [4.78, 5) is 11.1. The highest BCUT2D eigenvalue weighted by Gasteiger charge is 2.16. The van der Waals surface area contributed by atoms with E-state index in [1.54, 1.807) is 13.8 Å². The van der Waals surface area contributed by atoms with Gasteiger partial charge in [-0.15, -0.1) is 0 Å². The number of benzene rings is 1. The van der Waals surface area contributed by atoms with E-state index in [1.165, 1.54) is 19.2 Å². The third-order valence-corrected chi connectivity index (χ3v) is 2.13. The predicted octanol–water partition coefficient (Wildman–Crippen LogP) is 1.66. The molecule has 5 heteroatoms. The lowest BCUT2D eigenvalue weighted by Crippen LogP contribution is -2.25. The molecule has 0 fully saturated rings. The molecule has 0 aliphatic carbocycles. The second-order valence-electron chi connectivity index (χ2n) is 3.42. The fourth-order valence-corrected chi connectivity index (χ4v) is 1.20. The zero-order chi connectivity index (χ0) is 12.3. The van der Waals surface area contributed by atoms with Crippen LogP contribution in [0.3, 0.4) is 0 Å². The molecule has 1 atom stereocenters. The molecule has 0 saturated heterocycles. The first kappa shape index (κ1) is 12.3. The molecule has 1 rings (SSSR count). The van der Waals surface area contributed by atoms with Gasteiger partial charge in [-0.1, -0.05) is 0 Å². The fraction of sp³-hybridized carbons (Fsp3) is 0.364. The van der Waals surface area contributed by atoms with Gasteiger partial charge in [0, 0.05) is 6.07 Å². The van der Waals surface area contributed by atoms with Crippen LogP contribution in [-0.4, -0.2) is 19.2 Å². The summed E-state index contributed by atoms with van der Waals surface area (Å²) in [5, 5.41) is 0. The molecule has 16 heavy (non-hydrogen) atoms. The average Bonchev–Trinajstić information content (AvgIpc) is 2.24. The molecule has 0 aliphatic rings. The Morgan fingerprint density at radius 1 is 1.50 bits per heavy atom. The van der Waals surface area contributed by atoms with Crippen molar-refractivity contribution in [1.29, 1.82) is 0 Å². The lowest BCUT2D eigenvalue weighted by atomic mass is 10.2. The Morgan fingerprint density at radius 3 is 2.69 bits per heavy atom. The van der Waals surface area contributed by atoms with Gasteiger partial charge in [0.2, 0.25) is 0 Å². The number of carbonyl (C=O) groups excluding carboxylic acids is 1. The number of nitrogens with two attached hydrogens (primary N) is 1. The highest BCUT2D eigenvalue weighted by atomic mass is 19.1. The number of rotatable bonds is 3. The van der Waals surface area contributed by atoms with Crippen LogP contribution < -0.4 is 10.5 Å². The number of nitrogen functional groups attached to an aromatic ring is 1. The molecule has 0 bridgehead atoms. The largest absolute Gasteiger partial charge is 0.479 e. The molecule has 0 heterocycles. The van der Waals surface area contributed by atoms with Gasteiger partial charge in [-0.3, -0.25) is 0 Å². The molecule has 0 aromatic heterocycles.